The van der Waals surface area contributed by atoms with Gasteiger partial charge in [-0.3, -0.25) is 4.79 Å². The third-order valence-corrected chi connectivity index (χ3v) is 4.19. The number of nitrogens with one attached hydrogen (secondary N) is 1. The molecule has 25 heavy (non-hydrogen) atoms. The SMILES string of the molecule is CC1Cc2cc(-c3cc(CC(=O)NCCCN(C)C)no3)ccc2O1. The van der Waals surface area contributed by atoms with Crippen molar-refractivity contribution >= 4 is 5.91 Å². The van der Waals surface area contributed by atoms with Gasteiger partial charge in [0.2, 0.25) is 5.91 Å². The van der Waals surface area contributed by atoms with Gasteiger partial charge in [-0.05, 0) is 57.7 Å². The number of aromatic nitrogens is 1. The maximum absolute atomic E-state index is 12.0. The molecule has 1 unspecified atom stereocenters. The molecule has 1 aromatic heterocycles. The smallest absolute Gasteiger partial charge is 0.226 e. The third kappa shape index (κ3) is 4.60. The molecule has 1 aliphatic heterocycles. The molecular weight excluding hydrogens is 318 g/mol. The van der Waals surface area contributed by atoms with E-state index in [2.05, 4.69) is 28.4 Å². The highest BCUT2D eigenvalue weighted by atomic mass is 16.5. The molecule has 0 saturated heterocycles. The Bertz CT molecular complexity index is 739. The predicted octanol–water partition coefficient (Wildman–Crippen LogP) is 2.28. The van der Waals surface area contributed by atoms with Crippen LogP contribution in [0.25, 0.3) is 11.3 Å². The number of hydrogen-bond donors (Lipinski definition) is 1. The molecule has 1 amide bonds. The molecule has 1 atom stereocenters. The first-order chi connectivity index (χ1) is 12.0. The van der Waals surface area contributed by atoms with E-state index in [1.165, 1.54) is 5.56 Å². The fourth-order valence-corrected chi connectivity index (χ4v) is 2.96. The zero-order valence-corrected chi connectivity index (χ0v) is 15.0. The Morgan fingerprint density at radius 1 is 1.36 bits per heavy atom. The summed E-state index contributed by atoms with van der Waals surface area (Å²) in [4.78, 5) is 14.1. The lowest BCUT2D eigenvalue weighted by molar-refractivity contribution is -0.120. The van der Waals surface area contributed by atoms with Gasteiger partial charge in [-0.1, -0.05) is 5.16 Å². The average molecular weight is 343 g/mol. The molecule has 6 heteroatoms. The summed E-state index contributed by atoms with van der Waals surface area (Å²) in [5.41, 5.74) is 2.79. The molecule has 134 valence electrons. The van der Waals surface area contributed by atoms with Gasteiger partial charge >= 0.3 is 0 Å². The van der Waals surface area contributed by atoms with E-state index >= 15 is 0 Å². The Labute approximate surface area is 148 Å². The van der Waals surface area contributed by atoms with Crippen LogP contribution in [0.4, 0.5) is 0 Å². The Morgan fingerprint density at radius 2 is 2.20 bits per heavy atom. The van der Waals surface area contributed by atoms with Crippen molar-refractivity contribution in [2.24, 2.45) is 0 Å². The molecule has 3 rings (SSSR count). The second kappa shape index (κ2) is 7.70. The number of carbonyl (C=O) groups excluding carboxylic acids is 1. The molecule has 0 spiro atoms. The van der Waals surface area contributed by atoms with Crippen LogP contribution in [0.15, 0.2) is 28.8 Å². The summed E-state index contributed by atoms with van der Waals surface area (Å²) < 4.78 is 11.1. The van der Waals surface area contributed by atoms with E-state index in [1.807, 2.05) is 32.3 Å². The van der Waals surface area contributed by atoms with Crippen LogP contribution in [0.1, 0.15) is 24.6 Å². The number of hydrogen-bond acceptors (Lipinski definition) is 5. The minimum atomic E-state index is -0.0326. The van der Waals surface area contributed by atoms with Crippen molar-refractivity contribution in [3.63, 3.8) is 0 Å². The highest BCUT2D eigenvalue weighted by molar-refractivity contribution is 5.78. The number of amides is 1. The van der Waals surface area contributed by atoms with Crippen LogP contribution < -0.4 is 10.1 Å². The first-order valence-electron chi connectivity index (χ1n) is 8.68. The highest BCUT2D eigenvalue weighted by Gasteiger charge is 2.20. The van der Waals surface area contributed by atoms with Gasteiger partial charge in [-0.25, -0.2) is 0 Å². The molecule has 0 fully saturated rings. The van der Waals surface area contributed by atoms with E-state index in [9.17, 15) is 4.79 Å². The maximum atomic E-state index is 12.0. The summed E-state index contributed by atoms with van der Waals surface area (Å²) >= 11 is 0. The largest absolute Gasteiger partial charge is 0.490 e. The van der Waals surface area contributed by atoms with Crippen LogP contribution in [0.3, 0.4) is 0 Å². The zero-order chi connectivity index (χ0) is 17.8. The fourth-order valence-electron chi connectivity index (χ4n) is 2.96. The maximum Gasteiger partial charge on any atom is 0.226 e. The van der Waals surface area contributed by atoms with E-state index < -0.39 is 0 Å². The van der Waals surface area contributed by atoms with Gasteiger partial charge in [0.25, 0.3) is 0 Å². The van der Waals surface area contributed by atoms with Crippen LogP contribution in [-0.2, 0) is 17.6 Å². The van der Waals surface area contributed by atoms with Gasteiger partial charge in [-0.2, -0.15) is 0 Å². The fraction of sp³-hybridized carbons (Fsp3) is 0.474. The second-order valence-electron chi connectivity index (χ2n) is 6.82. The lowest BCUT2D eigenvalue weighted by atomic mass is 10.1. The summed E-state index contributed by atoms with van der Waals surface area (Å²) in [6.45, 7) is 3.68. The molecule has 1 aliphatic rings. The van der Waals surface area contributed by atoms with Gasteiger partial charge in [0.1, 0.15) is 11.9 Å². The molecule has 1 N–H and O–H groups in total. The molecule has 6 nitrogen and oxygen atoms in total. The molecule has 0 saturated carbocycles. The first kappa shape index (κ1) is 17.5. The number of rotatable bonds is 7. The normalized spacial score (nSPS) is 15.9. The van der Waals surface area contributed by atoms with Crippen molar-refractivity contribution in [2.75, 3.05) is 27.2 Å². The minimum absolute atomic E-state index is 0.0326. The monoisotopic (exact) mass is 343 g/mol. The van der Waals surface area contributed by atoms with Crippen LogP contribution >= 0.6 is 0 Å². The summed E-state index contributed by atoms with van der Waals surface area (Å²) in [7, 11) is 4.04. The molecule has 1 aromatic carbocycles. The number of fused-ring (bicyclic) bond motifs is 1. The number of carbonyl (C=O) groups is 1. The van der Waals surface area contributed by atoms with Crippen LogP contribution in [0.5, 0.6) is 5.75 Å². The van der Waals surface area contributed by atoms with Crippen LogP contribution in [0.2, 0.25) is 0 Å². The summed E-state index contributed by atoms with van der Waals surface area (Å²) in [5, 5.41) is 6.93. The highest BCUT2D eigenvalue weighted by Crippen LogP contribution is 2.33. The van der Waals surface area contributed by atoms with E-state index in [4.69, 9.17) is 9.26 Å². The van der Waals surface area contributed by atoms with Gasteiger partial charge in [0.05, 0.1) is 12.1 Å². The van der Waals surface area contributed by atoms with Crippen molar-refractivity contribution in [3.8, 4) is 17.1 Å². The van der Waals surface area contributed by atoms with E-state index in [0.29, 0.717) is 18.0 Å². The third-order valence-electron chi connectivity index (χ3n) is 4.19. The van der Waals surface area contributed by atoms with Crippen molar-refractivity contribution in [1.82, 2.24) is 15.4 Å². The topological polar surface area (TPSA) is 67.6 Å². The van der Waals surface area contributed by atoms with Gasteiger partial charge in [0, 0.05) is 24.6 Å². The molecule has 0 radical (unpaired) electrons. The lowest BCUT2D eigenvalue weighted by Crippen LogP contribution is -2.28. The first-order valence-corrected chi connectivity index (χ1v) is 8.68. The van der Waals surface area contributed by atoms with Crippen molar-refractivity contribution < 1.29 is 14.1 Å². The Morgan fingerprint density at radius 3 is 3.00 bits per heavy atom. The lowest BCUT2D eigenvalue weighted by Gasteiger charge is -2.09. The molecular formula is C19H25N3O3. The van der Waals surface area contributed by atoms with Crippen molar-refractivity contribution in [2.45, 2.75) is 32.3 Å². The number of benzene rings is 1. The standard InChI is InChI=1S/C19H25N3O3/c1-13-9-15-10-14(5-6-17(15)24-13)18-11-16(21-25-18)12-19(23)20-7-4-8-22(2)3/h5-6,10-11,13H,4,7-9,12H2,1-3H3,(H,20,23). The van der Waals surface area contributed by atoms with Crippen molar-refractivity contribution in [3.05, 3.63) is 35.5 Å². The van der Waals surface area contributed by atoms with Gasteiger partial charge < -0.3 is 19.5 Å². The summed E-state index contributed by atoms with van der Waals surface area (Å²) in [6, 6.07) is 7.83. The quantitative estimate of drug-likeness (QED) is 0.781. The molecule has 0 bridgehead atoms. The van der Waals surface area contributed by atoms with Gasteiger partial charge in [0.15, 0.2) is 5.76 Å². The average Bonchev–Trinajstić information content (AvgIpc) is 3.16. The van der Waals surface area contributed by atoms with Crippen LogP contribution in [-0.4, -0.2) is 49.3 Å². The second-order valence-corrected chi connectivity index (χ2v) is 6.82. The summed E-state index contributed by atoms with van der Waals surface area (Å²) in [5.74, 6) is 1.58. The van der Waals surface area contributed by atoms with Gasteiger partial charge in [-0.15, -0.1) is 0 Å². The zero-order valence-electron chi connectivity index (χ0n) is 15.0. The van der Waals surface area contributed by atoms with E-state index in [-0.39, 0.29) is 18.4 Å². The molecule has 0 aliphatic carbocycles. The number of ether oxygens (including phenoxy) is 1. The predicted molar refractivity (Wildman–Crippen MR) is 95.6 cm³/mol. The van der Waals surface area contributed by atoms with E-state index in [0.717, 1.165) is 30.7 Å². The Balaban J connectivity index is 1.56. The molecule has 2 heterocycles. The van der Waals surface area contributed by atoms with E-state index in [1.54, 1.807) is 0 Å². The minimum Gasteiger partial charge on any atom is -0.490 e. The molecule has 2 aromatic rings. The number of nitrogens with zero attached hydrogens (tertiary/aromatic N) is 2. The van der Waals surface area contributed by atoms with Crippen LogP contribution in [0, 0.1) is 0 Å². The van der Waals surface area contributed by atoms with Crippen molar-refractivity contribution in [1.29, 1.82) is 0 Å². The summed E-state index contributed by atoms with van der Waals surface area (Å²) in [6.07, 6.45) is 2.28. The Hall–Kier alpha value is -2.34. The Kier molecular flexibility index (Phi) is 5.38.